The van der Waals surface area contributed by atoms with Gasteiger partial charge in [-0.15, -0.1) is 0 Å². The molecule has 0 saturated carbocycles. The first-order valence-corrected chi connectivity index (χ1v) is 14.4. The van der Waals surface area contributed by atoms with E-state index in [0.29, 0.717) is 43.6 Å². The average Bonchev–Trinajstić information content (AvgIpc) is 3.39. The highest BCUT2D eigenvalue weighted by Crippen LogP contribution is 2.49. The van der Waals surface area contributed by atoms with Crippen molar-refractivity contribution in [3.8, 4) is 0 Å². The van der Waals surface area contributed by atoms with Crippen LogP contribution in [0.2, 0.25) is 0 Å². The molecule has 5 aliphatic rings. The molecule has 40 heavy (non-hydrogen) atoms. The third-order valence-corrected chi connectivity index (χ3v) is 8.69. The molecule has 8 nitrogen and oxygen atoms in total. The lowest BCUT2D eigenvalue weighted by Gasteiger charge is -2.35. The summed E-state index contributed by atoms with van der Waals surface area (Å²) in [5, 5.41) is 0. The van der Waals surface area contributed by atoms with Crippen LogP contribution in [0.1, 0.15) is 65.7 Å². The molecule has 0 bridgehead atoms. The number of rotatable bonds is 10. The summed E-state index contributed by atoms with van der Waals surface area (Å²) in [7, 11) is 1.63. The van der Waals surface area contributed by atoms with E-state index in [9.17, 15) is 22.8 Å². The molecule has 3 saturated heterocycles. The molecule has 4 heterocycles. The summed E-state index contributed by atoms with van der Waals surface area (Å²) in [5.41, 5.74) is -0.220. The van der Waals surface area contributed by atoms with E-state index in [4.69, 9.17) is 18.9 Å². The van der Waals surface area contributed by atoms with E-state index in [1.54, 1.807) is 20.0 Å². The number of amides is 3. The molecular formula is C29H39F3N2O6. The average molecular weight is 569 g/mol. The van der Waals surface area contributed by atoms with Gasteiger partial charge in [0.25, 0.3) is 5.91 Å². The van der Waals surface area contributed by atoms with E-state index in [1.807, 2.05) is 13.8 Å². The molecule has 0 radical (unpaired) electrons. The number of imide groups is 1. The van der Waals surface area contributed by atoms with E-state index in [-0.39, 0.29) is 31.2 Å². The molecule has 0 spiro atoms. The Labute approximate surface area is 233 Å². The Balaban J connectivity index is 1.32. The van der Waals surface area contributed by atoms with Crippen molar-refractivity contribution in [3.05, 3.63) is 34.6 Å². The number of ether oxygens (including phenoxy) is 4. The molecule has 11 heteroatoms. The van der Waals surface area contributed by atoms with E-state index < -0.39 is 41.7 Å². The standard InChI is InChI=1S/C29H39F3N2O6/c1-5-9-17-15-19-20(29(30,31)32)16-21-25(39-21)40-24(19)18(10-6-2)23(17)38-14-8-12-34-26(35)28(3,33(4)27(34)36)22-11-7-13-37-22/h15-16,19,21-22,24-25H,5-14H2,1-4H3. The minimum absolute atomic E-state index is 0.175. The Morgan fingerprint density at radius 3 is 2.52 bits per heavy atom. The Bertz CT molecular complexity index is 1110. The van der Waals surface area contributed by atoms with Crippen LogP contribution in [0.4, 0.5) is 18.0 Å². The van der Waals surface area contributed by atoms with Gasteiger partial charge >= 0.3 is 12.2 Å². The van der Waals surface area contributed by atoms with Crippen molar-refractivity contribution in [2.24, 2.45) is 5.92 Å². The second-order valence-electron chi connectivity index (χ2n) is 11.4. The summed E-state index contributed by atoms with van der Waals surface area (Å²) >= 11 is 0. The summed E-state index contributed by atoms with van der Waals surface area (Å²) in [5.74, 6) is -0.661. The number of hydrogen-bond donors (Lipinski definition) is 0. The van der Waals surface area contributed by atoms with E-state index in [0.717, 1.165) is 30.9 Å². The lowest BCUT2D eigenvalue weighted by Crippen LogP contribution is -2.54. The summed E-state index contributed by atoms with van der Waals surface area (Å²) in [4.78, 5) is 29.1. The highest BCUT2D eigenvalue weighted by atomic mass is 19.4. The van der Waals surface area contributed by atoms with Gasteiger partial charge in [-0.25, -0.2) is 4.79 Å². The van der Waals surface area contributed by atoms with Crippen LogP contribution >= 0.6 is 0 Å². The number of likely N-dealkylation sites (N-methyl/N-ethyl adjacent to an activating group) is 1. The highest BCUT2D eigenvalue weighted by molar-refractivity contribution is 6.07. The predicted octanol–water partition coefficient (Wildman–Crippen LogP) is 5.25. The third kappa shape index (κ3) is 5.09. The minimum atomic E-state index is -4.50. The van der Waals surface area contributed by atoms with Crippen molar-refractivity contribution < 1.29 is 41.7 Å². The maximum absolute atomic E-state index is 14.1. The summed E-state index contributed by atoms with van der Waals surface area (Å²) < 4.78 is 65.8. The first-order chi connectivity index (χ1) is 19.0. The molecule has 0 aromatic rings. The fraction of sp³-hybridized carbons (Fsp3) is 0.724. The largest absolute Gasteiger partial charge is 0.493 e. The van der Waals surface area contributed by atoms with Gasteiger partial charge in [0.05, 0.1) is 18.8 Å². The fourth-order valence-corrected chi connectivity index (χ4v) is 6.43. The van der Waals surface area contributed by atoms with E-state index in [2.05, 4.69) is 0 Å². The first-order valence-electron chi connectivity index (χ1n) is 14.4. The number of carbonyl (C=O) groups excluding carboxylic acids is 2. The van der Waals surface area contributed by atoms with Gasteiger partial charge in [-0.3, -0.25) is 9.69 Å². The molecule has 6 unspecified atom stereocenters. The zero-order chi connectivity index (χ0) is 28.8. The van der Waals surface area contributed by atoms with E-state index >= 15 is 0 Å². The van der Waals surface area contributed by atoms with Gasteiger partial charge in [-0.1, -0.05) is 32.8 Å². The van der Waals surface area contributed by atoms with Crippen LogP contribution in [0.25, 0.3) is 0 Å². The molecule has 0 aromatic carbocycles. The molecule has 6 atom stereocenters. The zero-order valence-electron chi connectivity index (χ0n) is 23.6. The zero-order valence-corrected chi connectivity index (χ0v) is 23.6. The number of urea groups is 1. The van der Waals surface area contributed by atoms with Crippen molar-refractivity contribution in [2.75, 3.05) is 26.8 Å². The van der Waals surface area contributed by atoms with Gasteiger partial charge in [0.1, 0.15) is 17.4 Å². The second-order valence-corrected chi connectivity index (χ2v) is 11.4. The highest BCUT2D eigenvalue weighted by Gasteiger charge is 2.58. The summed E-state index contributed by atoms with van der Waals surface area (Å²) in [6.45, 7) is 6.65. The number of halogens is 3. The molecule has 222 valence electrons. The van der Waals surface area contributed by atoms with Gasteiger partial charge in [0.2, 0.25) is 0 Å². The molecular weight excluding hydrogens is 529 g/mol. The van der Waals surface area contributed by atoms with Crippen molar-refractivity contribution in [3.63, 3.8) is 0 Å². The van der Waals surface area contributed by atoms with Crippen LogP contribution < -0.4 is 0 Å². The molecule has 5 rings (SSSR count). The SMILES string of the molecule is CCCC1=CC2C(C(F)(F)F)=CC3OC3OC2C(CCC)=C1OCCCN1C(=O)N(C)C(C)(C2CCCO2)C1=O. The molecule has 4 aliphatic heterocycles. The monoisotopic (exact) mass is 568 g/mol. The number of nitrogens with zero attached hydrogens (tertiary/aromatic N) is 2. The first kappa shape index (κ1) is 29.1. The van der Waals surface area contributed by atoms with Gasteiger partial charge in [-0.05, 0) is 50.7 Å². The second kappa shape index (κ2) is 11.1. The molecule has 3 amide bonds. The molecule has 0 N–H and O–H groups in total. The Hall–Kier alpha value is -2.37. The maximum Gasteiger partial charge on any atom is 0.413 e. The number of hydrogen-bond acceptors (Lipinski definition) is 6. The fourth-order valence-electron chi connectivity index (χ4n) is 6.43. The third-order valence-electron chi connectivity index (χ3n) is 8.69. The molecule has 3 fully saturated rings. The molecule has 1 aliphatic carbocycles. The van der Waals surface area contributed by atoms with Crippen molar-refractivity contribution in [1.29, 1.82) is 0 Å². The number of epoxide rings is 1. The van der Waals surface area contributed by atoms with Crippen LogP contribution in [0, 0.1) is 5.92 Å². The minimum Gasteiger partial charge on any atom is -0.493 e. The molecule has 0 aromatic heterocycles. The Kier molecular flexibility index (Phi) is 8.11. The predicted molar refractivity (Wildman–Crippen MR) is 139 cm³/mol. The number of allylic oxidation sites excluding steroid dienone is 1. The number of fused-ring (bicyclic) bond motifs is 2. The van der Waals surface area contributed by atoms with Crippen LogP contribution in [0.5, 0.6) is 0 Å². The van der Waals surface area contributed by atoms with Crippen molar-refractivity contribution >= 4 is 11.9 Å². The summed E-state index contributed by atoms with van der Waals surface area (Å²) in [6.07, 6.45) is 0.256. The van der Waals surface area contributed by atoms with Crippen LogP contribution in [0.3, 0.4) is 0 Å². The number of alkyl halides is 3. The van der Waals surface area contributed by atoms with Gasteiger partial charge in [0.15, 0.2) is 6.29 Å². The van der Waals surface area contributed by atoms with Crippen LogP contribution in [-0.2, 0) is 23.7 Å². The van der Waals surface area contributed by atoms with E-state index in [1.165, 1.54) is 9.80 Å². The number of carbonyl (C=O) groups is 2. The van der Waals surface area contributed by atoms with Crippen LogP contribution in [-0.4, -0.2) is 84.9 Å². The quantitative estimate of drug-likeness (QED) is 0.155. The van der Waals surface area contributed by atoms with Crippen LogP contribution in [0.15, 0.2) is 34.6 Å². The van der Waals surface area contributed by atoms with Gasteiger partial charge in [0, 0.05) is 37.3 Å². The summed E-state index contributed by atoms with van der Waals surface area (Å²) in [6, 6.07) is -0.363. The Morgan fingerprint density at radius 2 is 1.88 bits per heavy atom. The van der Waals surface area contributed by atoms with Gasteiger partial charge in [-0.2, -0.15) is 13.2 Å². The lowest BCUT2D eigenvalue weighted by molar-refractivity contribution is -0.138. The Morgan fingerprint density at radius 1 is 1.12 bits per heavy atom. The lowest BCUT2D eigenvalue weighted by atomic mass is 9.79. The normalized spacial score (nSPS) is 34.0. The smallest absolute Gasteiger partial charge is 0.413 e. The van der Waals surface area contributed by atoms with Crippen molar-refractivity contribution in [2.45, 2.75) is 102 Å². The van der Waals surface area contributed by atoms with Gasteiger partial charge < -0.3 is 23.8 Å². The maximum atomic E-state index is 14.1. The van der Waals surface area contributed by atoms with Crippen molar-refractivity contribution in [1.82, 2.24) is 9.80 Å². The topological polar surface area (TPSA) is 80.8 Å².